The van der Waals surface area contributed by atoms with E-state index < -0.39 is 0 Å². The second-order valence-electron chi connectivity index (χ2n) is 6.95. The van der Waals surface area contributed by atoms with E-state index in [4.69, 9.17) is 27.9 Å². The molecule has 1 aliphatic rings. The minimum Gasteiger partial charge on any atom is -0.469 e. The Bertz CT molecular complexity index is 878. The summed E-state index contributed by atoms with van der Waals surface area (Å²) in [7, 11) is 1.40. The van der Waals surface area contributed by atoms with Crippen molar-refractivity contribution in [2.75, 3.05) is 13.7 Å². The van der Waals surface area contributed by atoms with Gasteiger partial charge in [-0.2, -0.15) is 0 Å². The molecule has 2 aromatic carbocycles. The van der Waals surface area contributed by atoms with Crippen LogP contribution in [0.1, 0.15) is 69.3 Å². The molecule has 0 radical (unpaired) electrons. The fraction of sp³-hybridized carbons (Fsp3) is 0.462. The third-order valence-electron chi connectivity index (χ3n) is 5.37. The number of aryl methyl sites for hydroxylation is 1. The molecule has 1 heterocycles. The van der Waals surface area contributed by atoms with Gasteiger partial charge < -0.3 is 9.64 Å². The molecule has 1 aliphatic heterocycles. The first-order chi connectivity index (χ1) is 15.4. The maximum absolute atomic E-state index is 13.0. The summed E-state index contributed by atoms with van der Waals surface area (Å²) in [6.45, 7) is 10.7. The lowest BCUT2D eigenvalue weighted by atomic mass is 9.88. The number of benzene rings is 2. The number of hydrogen-bond acceptors (Lipinski definition) is 3. The lowest BCUT2D eigenvalue weighted by Gasteiger charge is -2.36. The fourth-order valence-electron chi connectivity index (χ4n) is 3.81. The number of carbonyl (C=O) groups excluding carboxylic acids is 2. The lowest BCUT2D eigenvalue weighted by molar-refractivity contribution is -0.140. The van der Waals surface area contributed by atoms with Crippen molar-refractivity contribution >= 4 is 35.1 Å². The zero-order chi connectivity index (χ0) is 24.3. The Labute approximate surface area is 202 Å². The van der Waals surface area contributed by atoms with Crippen molar-refractivity contribution in [2.24, 2.45) is 0 Å². The Morgan fingerprint density at radius 1 is 1.03 bits per heavy atom. The Morgan fingerprint density at radius 3 is 2.22 bits per heavy atom. The van der Waals surface area contributed by atoms with Crippen LogP contribution in [0, 0.1) is 0 Å². The molecule has 0 N–H and O–H groups in total. The first-order valence-electron chi connectivity index (χ1n) is 11.3. The monoisotopic (exact) mass is 479 g/mol. The molecule has 0 aliphatic carbocycles. The van der Waals surface area contributed by atoms with E-state index in [-0.39, 0.29) is 24.3 Å². The molecule has 176 valence electrons. The topological polar surface area (TPSA) is 46.6 Å². The van der Waals surface area contributed by atoms with Crippen molar-refractivity contribution in [3.63, 3.8) is 0 Å². The average molecular weight is 480 g/mol. The number of rotatable bonds is 5. The number of carbonyl (C=O) groups is 2. The number of nitrogens with zero attached hydrogens (tertiary/aromatic N) is 1. The van der Waals surface area contributed by atoms with Crippen molar-refractivity contribution in [2.45, 2.75) is 66.3 Å². The van der Waals surface area contributed by atoms with Crippen LogP contribution in [0.3, 0.4) is 0 Å². The first-order valence-corrected chi connectivity index (χ1v) is 12.1. The summed E-state index contributed by atoms with van der Waals surface area (Å²) in [5.41, 5.74) is 4.18. The van der Waals surface area contributed by atoms with Gasteiger partial charge in [-0.05, 0) is 54.2 Å². The maximum Gasteiger partial charge on any atom is 0.305 e. The van der Waals surface area contributed by atoms with Crippen LogP contribution in [-0.2, 0) is 33.6 Å². The molecule has 4 nitrogen and oxygen atoms in total. The minimum absolute atomic E-state index is 0.00751. The number of amides is 1. The molecule has 0 aromatic heterocycles. The molecule has 1 atom stereocenters. The Balaban J connectivity index is 0.00000121. The maximum atomic E-state index is 13.0. The van der Waals surface area contributed by atoms with E-state index in [1.807, 2.05) is 45.6 Å². The van der Waals surface area contributed by atoms with Gasteiger partial charge in [-0.1, -0.05) is 75.2 Å². The summed E-state index contributed by atoms with van der Waals surface area (Å²) >= 11 is 12.5. The first kappa shape index (κ1) is 28.0. The van der Waals surface area contributed by atoms with Crippen molar-refractivity contribution in [3.05, 3.63) is 68.7 Å². The highest BCUT2D eigenvalue weighted by Gasteiger charge is 2.29. The third-order valence-corrected chi connectivity index (χ3v) is 6.07. The summed E-state index contributed by atoms with van der Waals surface area (Å²) < 4.78 is 4.75. The zero-order valence-corrected chi connectivity index (χ0v) is 21.5. The molecular weight excluding hydrogens is 445 g/mol. The van der Waals surface area contributed by atoms with Crippen LogP contribution in [0.5, 0.6) is 0 Å². The van der Waals surface area contributed by atoms with Gasteiger partial charge in [-0.25, -0.2) is 0 Å². The summed E-state index contributed by atoms with van der Waals surface area (Å²) in [5, 5.41) is 1.02. The zero-order valence-electron chi connectivity index (χ0n) is 20.0. The van der Waals surface area contributed by atoms with Gasteiger partial charge in [0.25, 0.3) is 0 Å². The smallest absolute Gasteiger partial charge is 0.305 e. The molecule has 0 bridgehead atoms. The molecule has 0 spiro atoms. The predicted molar refractivity (Wildman–Crippen MR) is 133 cm³/mol. The number of methoxy groups -OCH3 is 1. The lowest BCUT2D eigenvalue weighted by Crippen LogP contribution is -2.40. The standard InChI is InChI=1S/C22H23Cl2NO3.2C2H6/c1-14-16-6-3-5-15(9-10-22(27)28-2)17(16)11-12-25(14)21(26)13-18-19(23)7-4-8-20(18)24;2*1-2/h3-8,14H,9-13H2,1-2H3;2*1-2H3. The quantitative estimate of drug-likeness (QED) is 0.440. The van der Waals surface area contributed by atoms with Gasteiger partial charge in [0.1, 0.15) is 0 Å². The van der Waals surface area contributed by atoms with E-state index >= 15 is 0 Å². The van der Waals surface area contributed by atoms with E-state index in [1.165, 1.54) is 12.7 Å². The van der Waals surface area contributed by atoms with E-state index in [2.05, 4.69) is 12.1 Å². The molecule has 1 amide bonds. The number of hydrogen-bond donors (Lipinski definition) is 0. The SMILES string of the molecule is CC.CC.COC(=O)CCc1cccc2c1CCN(C(=O)Cc1c(Cl)cccc1Cl)C2C. The van der Waals surface area contributed by atoms with E-state index in [1.54, 1.807) is 18.2 Å². The van der Waals surface area contributed by atoms with Gasteiger partial charge in [0.15, 0.2) is 0 Å². The van der Waals surface area contributed by atoms with Crippen LogP contribution in [0.25, 0.3) is 0 Å². The second kappa shape index (κ2) is 14.2. The number of esters is 1. The summed E-state index contributed by atoms with van der Waals surface area (Å²) in [6, 6.07) is 11.3. The Kier molecular flexibility index (Phi) is 12.4. The summed E-state index contributed by atoms with van der Waals surface area (Å²) in [4.78, 5) is 26.4. The van der Waals surface area contributed by atoms with Crippen LogP contribution < -0.4 is 0 Å². The number of fused-ring (bicyclic) bond motifs is 1. The van der Waals surface area contributed by atoms with Gasteiger partial charge in [-0.3, -0.25) is 9.59 Å². The number of ether oxygens (including phenoxy) is 1. The molecule has 32 heavy (non-hydrogen) atoms. The molecule has 3 rings (SSSR count). The van der Waals surface area contributed by atoms with Crippen molar-refractivity contribution in [3.8, 4) is 0 Å². The highest BCUT2D eigenvalue weighted by molar-refractivity contribution is 6.36. The van der Waals surface area contributed by atoms with Crippen molar-refractivity contribution in [1.29, 1.82) is 0 Å². The highest BCUT2D eigenvalue weighted by atomic mass is 35.5. The van der Waals surface area contributed by atoms with Crippen molar-refractivity contribution < 1.29 is 14.3 Å². The van der Waals surface area contributed by atoms with Gasteiger partial charge in [0, 0.05) is 23.0 Å². The molecule has 0 fully saturated rings. The third kappa shape index (κ3) is 6.98. The fourth-order valence-corrected chi connectivity index (χ4v) is 4.34. The van der Waals surface area contributed by atoms with Crippen LogP contribution in [0.4, 0.5) is 0 Å². The summed E-state index contributed by atoms with van der Waals surface area (Å²) in [6.07, 6.45) is 1.94. The molecule has 1 unspecified atom stereocenters. The molecule has 0 saturated carbocycles. The Hall–Kier alpha value is -2.04. The number of halogens is 2. The van der Waals surface area contributed by atoms with Crippen LogP contribution in [-0.4, -0.2) is 30.4 Å². The van der Waals surface area contributed by atoms with E-state index in [0.717, 1.165) is 17.5 Å². The van der Waals surface area contributed by atoms with Gasteiger partial charge >= 0.3 is 5.97 Å². The second-order valence-corrected chi connectivity index (χ2v) is 7.77. The van der Waals surface area contributed by atoms with Crippen LogP contribution in [0.15, 0.2) is 36.4 Å². The largest absolute Gasteiger partial charge is 0.469 e. The van der Waals surface area contributed by atoms with E-state index in [9.17, 15) is 9.59 Å². The molecular formula is C26H35Cl2NO3. The molecule has 6 heteroatoms. The molecule has 2 aromatic rings. The normalized spacial score (nSPS) is 14.2. The highest BCUT2D eigenvalue weighted by Crippen LogP contribution is 2.33. The Morgan fingerprint density at radius 2 is 1.62 bits per heavy atom. The molecule has 0 saturated heterocycles. The predicted octanol–water partition coefficient (Wildman–Crippen LogP) is 6.84. The minimum atomic E-state index is -0.213. The van der Waals surface area contributed by atoms with Crippen LogP contribution in [0.2, 0.25) is 10.0 Å². The van der Waals surface area contributed by atoms with E-state index in [0.29, 0.717) is 35.0 Å². The van der Waals surface area contributed by atoms with Gasteiger partial charge in [0.05, 0.1) is 19.6 Å². The van der Waals surface area contributed by atoms with Gasteiger partial charge in [0.2, 0.25) is 5.91 Å². The van der Waals surface area contributed by atoms with Gasteiger partial charge in [-0.15, -0.1) is 0 Å². The average Bonchev–Trinajstić information content (AvgIpc) is 2.82. The summed E-state index contributed by atoms with van der Waals surface area (Å²) in [5.74, 6) is -0.206. The van der Waals surface area contributed by atoms with Crippen LogP contribution >= 0.6 is 23.2 Å². The van der Waals surface area contributed by atoms with Crippen molar-refractivity contribution in [1.82, 2.24) is 4.90 Å².